The third-order valence-electron chi connectivity index (χ3n) is 3.83. The highest BCUT2D eigenvalue weighted by Crippen LogP contribution is 2.27. The van der Waals surface area contributed by atoms with Crippen molar-refractivity contribution in [2.75, 3.05) is 13.2 Å². The van der Waals surface area contributed by atoms with Gasteiger partial charge in [0.15, 0.2) is 0 Å². The highest BCUT2D eigenvalue weighted by molar-refractivity contribution is 5.06. The van der Waals surface area contributed by atoms with Crippen LogP contribution >= 0.6 is 0 Å². The Labute approximate surface area is 100 Å². The first-order chi connectivity index (χ1) is 7.49. The van der Waals surface area contributed by atoms with Crippen molar-refractivity contribution in [2.24, 2.45) is 11.8 Å². The van der Waals surface area contributed by atoms with E-state index in [1.807, 2.05) is 0 Å². The molecule has 0 fully saturated rings. The summed E-state index contributed by atoms with van der Waals surface area (Å²) in [6, 6.07) is 0. The van der Waals surface area contributed by atoms with Gasteiger partial charge in [-0.05, 0) is 51.5 Å². The fraction of sp³-hybridized carbons (Fsp3) is 0.857. The van der Waals surface area contributed by atoms with E-state index in [4.69, 9.17) is 0 Å². The Balaban J connectivity index is 2.42. The number of rotatable bonds is 5. The van der Waals surface area contributed by atoms with Crippen molar-refractivity contribution in [1.82, 2.24) is 5.32 Å². The molecule has 0 spiro atoms. The molecular formula is C14H27NO. The predicted octanol–water partition coefficient (Wildman–Crippen LogP) is 2.73. The second-order valence-corrected chi connectivity index (χ2v) is 5.75. The smallest absolute Gasteiger partial charge is 0.0610 e. The molecule has 0 saturated heterocycles. The van der Waals surface area contributed by atoms with Gasteiger partial charge in [0.2, 0.25) is 0 Å². The molecule has 3 unspecified atom stereocenters. The number of allylic oxidation sites excluding steroid dienone is 2. The molecule has 1 aliphatic carbocycles. The van der Waals surface area contributed by atoms with Gasteiger partial charge in [0.25, 0.3) is 0 Å². The number of nitrogens with one attached hydrogen (secondary N) is 1. The molecule has 2 heteroatoms. The summed E-state index contributed by atoms with van der Waals surface area (Å²) in [5, 5.41) is 12.9. The van der Waals surface area contributed by atoms with Crippen LogP contribution in [0.25, 0.3) is 0 Å². The van der Waals surface area contributed by atoms with Gasteiger partial charge in [-0.25, -0.2) is 0 Å². The van der Waals surface area contributed by atoms with Gasteiger partial charge >= 0.3 is 0 Å². The van der Waals surface area contributed by atoms with Crippen molar-refractivity contribution in [3.8, 4) is 0 Å². The van der Waals surface area contributed by atoms with Crippen LogP contribution in [0.3, 0.4) is 0 Å². The first-order valence-electron chi connectivity index (χ1n) is 6.52. The number of aliphatic hydroxyl groups is 1. The average molecular weight is 225 g/mol. The highest BCUT2D eigenvalue weighted by Gasteiger charge is 2.23. The first kappa shape index (κ1) is 13.7. The van der Waals surface area contributed by atoms with Crippen molar-refractivity contribution >= 4 is 0 Å². The lowest BCUT2D eigenvalue weighted by Crippen LogP contribution is -2.47. The summed E-state index contributed by atoms with van der Waals surface area (Å²) in [7, 11) is 0. The predicted molar refractivity (Wildman–Crippen MR) is 69.4 cm³/mol. The Morgan fingerprint density at radius 3 is 2.75 bits per heavy atom. The van der Waals surface area contributed by atoms with Gasteiger partial charge in [0.05, 0.1) is 6.61 Å². The van der Waals surface area contributed by atoms with Crippen LogP contribution in [0.5, 0.6) is 0 Å². The normalized spacial score (nSPS) is 29.7. The minimum Gasteiger partial charge on any atom is -0.394 e. The maximum atomic E-state index is 9.34. The maximum Gasteiger partial charge on any atom is 0.0610 e. The second kappa shape index (κ2) is 5.83. The third-order valence-corrected chi connectivity index (χ3v) is 3.83. The van der Waals surface area contributed by atoms with E-state index < -0.39 is 0 Å². The lowest BCUT2D eigenvalue weighted by molar-refractivity contribution is 0.161. The molecule has 2 N–H and O–H groups in total. The van der Waals surface area contributed by atoms with Crippen LogP contribution in [0.1, 0.15) is 47.0 Å². The van der Waals surface area contributed by atoms with E-state index >= 15 is 0 Å². The fourth-order valence-corrected chi connectivity index (χ4v) is 2.53. The fourth-order valence-electron chi connectivity index (χ4n) is 2.53. The Hall–Kier alpha value is -0.340. The lowest BCUT2D eigenvalue weighted by atomic mass is 9.83. The Morgan fingerprint density at radius 1 is 1.56 bits per heavy atom. The SMILES string of the molecule is CCC(C)(CO)NCC1CC(C)=CC(C)C1. The molecule has 2 nitrogen and oxygen atoms in total. The molecule has 0 heterocycles. The molecule has 0 radical (unpaired) electrons. The van der Waals surface area contributed by atoms with Crippen LogP contribution in [0.15, 0.2) is 11.6 Å². The summed E-state index contributed by atoms with van der Waals surface area (Å²) in [6.45, 7) is 10.00. The monoisotopic (exact) mass is 225 g/mol. The summed E-state index contributed by atoms with van der Waals surface area (Å²) in [4.78, 5) is 0. The summed E-state index contributed by atoms with van der Waals surface area (Å²) in [5.74, 6) is 1.44. The molecule has 0 aliphatic heterocycles. The summed E-state index contributed by atoms with van der Waals surface area (Å²) in [5.41, 5.74) is 1.42. The number of hydrogen-bond acceptors (Lipinski definition) is 2. The standard InChI is InChI=1S/C14H27NO/c1-5-14(4,10-16)15-9-13-7-11(2)6-12(3)8-13/h6,11,13,15-16H,5,7-10H2,1-4H3. The van der Waals surface area contributed by atoms with Gasteiger partial charge < -0.3 is 10.4 Å². The quantitative estimate of drug-likeness (QED) is 0.705. The van der Waals surface area contributed by atoms with E-state index in [2.05, 4.69) is 39.1 Å². The maximum absolute atomic E-state index is 9.34. The largest absolute Gasteiger partial charge is 0.394 e. The van der Waals surface area contributed by atoms with Gasteiger partial charge in [-0.2, -0.15) is 0 Å². The van der Waals surface area contributed by atoms with Gasteiger partial charge in [0, 0.05) is 5.54 Å². The molecular weight excluding hydrogens is 198 g/mol. The third kappa shape index (κ3) is 3.91. The van der Waals surface area contributed by atoms with E-state index in [1.54, 1.807) is 0 Å². The van der Waals surface area contributed by atoms with Crippen LogP contribution in [-0.2, 0) is 0 Å². The van der Waals surface area contributed by atoms with Crippen molar-refractivity contribution in [1.29, 1.82) is 0 Å². The molecule has 1 aliphatic rings. The Morgan fingerprint density at radius 2 is 2.25 bits per heavy atom. The molecule has 0 amide bonds. The Bertz CT molecular complexity index is 243. The van der Waals surface area contributed by atoms with Gasteiger partial charge in [0.1, 0.15) is 0 Å². The van der Waals surface area contributed by atoms with E-state index in [0.29, 0.717) is 5.92 Å². The van der Waals surface area contributed by atoms with E-state index in [1.165, 1.54) is 18.4 Å². The lowest BCUT2D eigenvalue weighted by Gasteiger charge is -2.32. The zero-order valence-corrected chi connectivity index (χ0v) is 11.2. The van der Waals surface area contributed by atoms with Crippen molar-refractivity contribution in [3.63, 3.8) is 0 Å². The first-order valence-corrected chi connectivity index (χ1v) is 6.52. The number of hydrogen-bond donors (Lipinski definition) is 2. The molecule has 0 saturated carbocycles. The highest BCUT2D eigenvalue weighted by atomic mass is 16.3. The zero-order chi connectivity index (χ0) is 12.2. The average Bonchev–Trinajstić information content (AvgIpc) is 2.25. The molecule has 0 aromatic carbocycles. The van der Waals surface area contributed by atoms with Crippen molar-refractivity contribution < 1.29 is 5.11 Å². The zero-order valence-electron chi connectivity index (χ0n) is 11.2. The number of aliphatic hydroxyl groups excluding tert-OH is 1. The van der Waals surface area contributed by atoms with Crippen LogP contribution in [0.2, 0.25) is 0 Å². The van der Waals surface area contributed by atoms with Gasteiger partial charge in [-0.1, -0.05) is 25.5 Å². The van der Waals surface area contributed by atoms with Crippen LogP contribution < -0.4 is 5.32 Å². The van der Waals surface area contributed by atoms with E-state index in [-0.39, 0.29) is 12.1 Å². The van der Waals surface area contributed by atoms with Crippen LogP contribution in [-0.4, -0.2) is 23.8 Å². The molecule has 0 bridgehead atoms. The van der Waals surface area contributed by atoms with Crippen molar-refractivity contribution in [2.45, 2.75) is 52.5 Å². The van der Waals surface area contributed by atoms with E-state index in [0.717, 1.165) is 18.9 Å². The summed E-state index contributed by atoms with van der Waals surface area (Å²) in [6.07, 6.45) is 5.85. The van der Waals surface area contributed by atoms with Crippen LogP contribution in [0.4, 0.5) is 0 Å². The minimum atomic E-state index is -0.0989. The van der Waals surface area contributed by atoms with Gasteiger partial charge in [-0.3, -0.25) is 0 Å². The molecule has 0 aromatic rings. The van der Waals surface area contributed by atoms with Crippen molar-refractivity contribution in [3.05, 3.63) is 11.6 Å². The van der Waals surface area contributed by atoms with Crippen LogP contribution in [0, 0.1) is 11.8 Å². The topological polar surface area (TPSA) is 32.3 Å². The van der Waals surface area contributed by atoms with E-state index in [9.17, 15) is 5.11 Å². The summed E-state index contributed by atoms with van der Waals surface area (Å²) >= 11 is 0. The molecule has 0 aromatic heterocycles. The molecule has 3 atom stereocenters. The molecule has 94 valence electrons. The minimum absolute atomic E-state index is 0.0989. The Kier molecular flexibility index (Phi) is 5.00. The molecule has 16 heavy (non-hydrogen) atoms. The second-order valence-electron chi connectivity index (χ2n) is 5.75. The molecule has 1 rings (SSSR count). The van der Waals surface area contributed by atoms with Gasteiger partial charge in [-0.15, -0.1) is 0 Å². The summed E-state index contributed by atoms with van der Waals surface area (Å²) < 4.78 is 0.